The summed E-state index contributed by atoms with van der Waals surface area (Å²) in [5.74, 6) is -0.710. The van der Waals surface area contributed by atoms with Crippen LogP contribution in [-0.4, -0.2) is 38.6 Å². The normalized spacial score (nSPS) is 10.5. The maximum atomic E-state index is 12.0. The van der Waals surface area contributed by atoms with Crippen molar-refractivity contribution >= 4 is 53.1 Å². The summed E-state index contributed by atoms with van der Waals surface area (Å²) in [6, 6.07) is 6.01. The minimum Gasteiger partial charge on any atom is -0.477 e. The second kappa shape index (κ2) is 7.50. The monoisotopic (exact) mass is 387 g/mol. The van der Waals surface area contributed by atoms with Gasteiger partial charge in [-0.05, 0) is 24.3 Å². The first kappa shape index (κ1) is 17.8. The van der Waals surface area contributed by atoms with E-state index in [0.29, 0.717) is 28.3 Å². The number of aromatic carboxylic acids is 1. The largest absolute Gasteiger partial charge is 0.477 e. The molecular formula is C16H13N5O3S2. The molecule has 0 aromatic carbocycles. The number of carbonyl (C=O) groups is 2. The van der Waals surface area contributed by atoms with Crippen LogP contribution >= 0.6 is 24.2 Å². The van der Waals surface area contributed by atoms with Crippen molar-refractivity contribution in [2.24, 2.45) is 0 Å². The summed E-state index contributed by atoms with van der Waals surface area (Å²) in [6.45, 7) is 3.83. The predicted molar refractivity (Wildman–Crippen MR) is 103 cm³/mol. The van der Waals surface area contributed by atoms with Crippen LogP contribution in [0.3, 0.4) is 0 Å². The molecule has 10 heteroatoms. The van der Waals surface area contributed by atoms with Crippen LogP contribution in [0.1, 0.15) is 9.67 Å². The van der Waals surface area contributed by atoms with Gasteiger partial charge in [0.1, 0.15) is 21.9 Å². The van der Waals surface area contributed by atoms with Crippen LogP contribution in [0, 0.1) is 0 Å². The van der Waals surface area contributed by atoms with Gasteiger partial charge in [0.2, 0.25) is 0 Å². The lowest BCUT2D eigenvalue weighted by molar-refractivity contribution is 0.0702. The number of thiol groups is 1. The summed E-state index contributed by atoms with van der Waals surface area (Å²) in [6.07, 6.45) is 3.11. The fourth-order valence-electron chi connectivity index (χ4n) is 2.05. The van der Waals surface area contributed by atoms with Gasteiger partial charge in [-0.25, -0.2) is 23.9 Å². The number of fused-ring (bicyclic) bond motifs is 1. The van der Waals surface area contributed by atoms with Crippen molar-refractivity contribution in [2.45, 2.75) is 0 Å². The highest BCUT2D eigenvalue weighted by molar-refractivity contribution is 7.82. The summed E-state index contributed by atoms with van der Waals surface area (Å²) >= 11 is 5.25. The standard InChI is InChI=1S/C16H13N5O3S2/c1-2-7-17-16(24)21(25)13-6-3-9-14(20-13)19-10(8-18-9)11-4-5-12(26-11)15(22)23/h2-6,8,25H,1,7H2,(H,17,24)(H,22,23). The molecular weight excluding hydrogens is 374 g/mol. The van der Waals surface area contributed by atoms with Crippen molar-refractivity contribution in [3.8, 4) is 10.6 Å². The zero-order chi connectivity index (χ0) is 18.7. The number of rotatable bonds is 5. The van der Waals surface area contributed by atoms with E-state index in [1.165, 1.54) is 6.07 Å². The Morgan fingerprint density at radius 2 is 2.12 bits per heavy atom. The number of nitrogens with one attached hydrogen (secondary N) is 1. The molecule has 0 fully saturated rings. The maximum Gasteiger partial charge on any atom is 0.345 e. The Bertz CT molecular complexity index is 1000. The van der Waals surface area contributed by atoms with Gasteiger partial charge < -0.3 is 10.4 Å². The molecule has 0 bridgehead atoms. The van der Waals surface area contributed by atoms with Crippen LogP contribution in [-0.2, 0) is 0 Å². The molecule has 0 aliphatic carbocycles. The quantitative estimate of drug-likeness (QED) is 0.459. The van der Waals surface area contributed by atoms with Gasteiger partial charge in [-0.3, -0.25) is 4.98 Å². The number of hydrogen-bond donors (Lipinski definition) is 3. The lowest BCUT2D eigenvalue weighted by atomic mass is 10.3. The van der Waals surface area contributed by atoms with E-state index in [4.69, 9.17) is 5.11 Å². The van der Waals surface area contributed by atoms with Gasteiger partial charge in [-0.1, -0.05) is 18.9 Å². The number of nitrogens with zero attached hydrogens (tertiary/aromatic N) is 4. The van der Waals surface area contributed by atoms with Gasteiger partial charge in [-0.2, -0.15) is 0 Å². The highest BCUT2D eigenvalue weighted by Crippen LogP contribution is 2.27. The number of hydrogen-bond acceptors (Lipinski definition) is 7. The molecule has 26 heavy (non-hydrogen) atoms. The van der Waals surface area contributed by atoms with Crippen molar-refractivity contribution in [3.63, 3.8) is 0 Å². The van der Waals surface area contributed by atoms with E-state index in [0.717, 1.165) is 15.6 Å². The molecule has 0 saturated carbocycles. The molecule has 0 aliphatic rings. The Morgan fingerprint density at radius 3 is 2.81 bits per heavy atom. The average molecular weight is 387 g/mol. The van der Waals surface area contributed by atoms with E-state index in [1.807, 2.05) is 0 Å². The summed E-state index contributed by atoms with van der Waals surface area (Å²) in [5, 5.41) is 11.6. The third kappa shape index (κ3) is 3.65. The second-order valence-corrected chi connectivity index (χ2v) is 6.51. The number of anilines is 1. The van der Waals surface area contributed by atoms with Gasteiger partial charge in [0.05, 0.1) is 11.1 Å². The number of urea groups is 1. The molecule has 2 amide bonds. The van der Waals surface area contributed by atoms with E-state index in [9.17, 15) is 9.59 Å². The van der Waals surface area contributed by atoms with Gasteiger partial charge in [0, 0.05) is 6.54 Å². The van der Waals surface area contributed by atoms with Gasteiger partial charge >= 0.3 is 12.0 Å². The van der Waals surface area contributed by atoms with Crippen LogP contribution in [0.25, 0.3) is 21.7 Å². The maximum absolute atomic E-state index is 12.0. The zero-order valence-electron chi connectivity index (χ0n) is 13.3. The molecule has 0 atom stereocenters. The Hall–Kier alpha value is -2.98. The molecule has 3 aromatic rings. The topological polar surface area (TPSA) is 108 Å². The van der Waals surface area contributed by atoms with Crippen LogP contribution < -0.4 is 9.62 Å². The smallest absolute Gasteiger partial charge is 0.345 e. The number of pyridine rings is 1. The lowest BCUT2D eigenvalue weighted by Gasteiger charge is -2.15. The van der Waals surface area contributed by atoms with Crippen molar-refractivity contribution < 1.29 is 14.7 Å². The van der Waals surface area contributed by atoms with Gasteiger partial charge in [0.15, 0.2) is 5.65 Å². The fourth-order valence-corrected chi connectivity index (χ4v) is 3.03. The average Bonchev–Trinajstić information content (AvgIpc) is 3.15. The highest BCUT2D eigenvalue weighted by atomic mass is 32.1. The molecule has 3 rings (SSSR count). The summed E-state index contributed by atoms with van der Waals surface area (Å²) < 4.78 is 1.06. The molecule has 0 saturated heterocycles. The van der Waals surface area contributed by atoms with E-state index < -0.39 is 12.0 Å². The lowest BCUT2D eigenvalue weighted by Crippen LogP contribution is -2.34. The number of carboxylic acid groups (broad SMARTS) is 1. The Labute approximate surface area is 157 Å². The summed E-state index contributed by atoms with van der Waals surface area (Å²) in [7, 11) is 0. The fraction of sp³-hybridized carbons (Fsp3) is 0.0625. The van der Waals surface area contributed by atoms with Crippen LogP contribution in [0.15, 0.2) is 43.1 Å². The molecule has 0 unspecified atom stereocenters. The van der Waals surface area contributed by atoms with E-state index in [2.05, 4.69) is 39.7 Å². The molecule has 0 spiro atoms. The summed E-state index contributed by atoms with van der Waals surface area (Å²) in [5.41, 5.74) is 1.36. The minimum absolute atomic E-state index is 0.212. The predicted octanol–water partition coefficient (Wildman–Crippen LogP) is 3.00. The van der Waals surface area contributed by atoms with Crippen molar-refractivity contribution in [2.75, 3.05) is 10.8 Å². The number of aromatic nitrogens is 3. The molecule has 2 N–H and O–H groups in total. The SMILES string of the molecule is C=CCNC(=O)N(S)c1ccc2ncc(-c3ccc(C(=O)O)s3)nc2n1. The van der Waals surface area contributed by atoms with E-state index in [1.54, 1.807) is 30.5 Å². The van der Waals surface area contributed by atoms with Gasteiger partial charge in [0.25, 0.3) is 0 Å². The third-order valence-corrected chi connectivity index (χ3v) is 4.75. The first-order valence-corrected chi connectivity index (χ1v) is 8.56. The van der Waals surface area contributed by atoms with Crippen molar-refractivity contribution in [1.29, 1.82) is 0 Å². The zero-order valence-corrected chi connectivity index (χ0v) is 15.0. The van der Waals surface area contributed by atoms with Crippen molar-refractivity contribution in [3.05, 3.63) is 48.0 Å². The van der Waals surface area contributed by atoms with E-state index >= 15 is 0 Å². The summed E-state index contributed by atoms with van der Waals surface area (Å²) in [4.78, 5) is 36.9. The second-order valence-electron chi connectivity index (χ2n) is 5.02. The Kier molecular flexibility index (Phi) is 5.14. The van der Waals surface area contributed by atoms with Crippen molar-refractivity contribution in [1.82, 2.24) is 20.3 Å². The Morgan fingerprint density at radius 1 is 1.31 bits per heavy atom. The highest BCUT2D eigenvalue weighted by Gasteiger charge is 2.15. The first-order valence-electron chi connectivity index (χ1n) is 7.34. The van der Waals surface area contributed by atoms with Crippen LogP contribution in [0.5, 0.6) is 0 Å². The van der Waals surface area contributed by atoms with Crippen LogP contribution in [0.2, 0.25) is 0 Å². The number of carbonyl (C=O) groups excluding carboxylic acids is 1. The van der Waals surface area contributed by atoms with Crippen LogP contribution in [0.4, 0.5) is 10.6 Å². The molecule has 3 heterocycles. The van der Waals surface area contributed by atoms with E-state index in [-0.39, 0.29) is 10.7 Å². The molecule has 0 aliphatic heterocycles. The number of thiophene rings is 1. The minimum atomic E-state index is -0.994. The molecule has 3 aromatic heterocycles. The molecule has 8 nitrogen and oxygen atoms in total. The Balaban J connectivity index is 1.93. The number of carboxylic acids is 1. The first-order chi connectivity index (χ1) is 12.5. The molecule has 0 radical (unpaired) electrons. The molecule has 132 valence electrons. The van der Waals surface area contributed by atoms with Gasteiger partial charge in [-0.15, -0.1) is 17.9 Å². The number of amides is 2. The third-order valence-electron chi connectivity index (χ3n) is 3.27.